The highest BCUT2D eigenvalue weighted by Gasteiger charge is 2.28. The molecule has 246 valence electrons. The highest BCUT2D eigenvalue weighted by Crippen LogP contribution is 2.46. The summed E-state index contributed by atoms with van der Waals surface area (Å²) in [5.74, 6) is -0.116. The van der Waals surface area contributed by atoms with Gasteiger partial charge in [-0.1, -0.05) is 89.8 Å². The van der Waals surface area contributed by atoms with Gasteiger partial charge in [0.2, 0.25) is 0 Å². The fourth-order valence-electron chi connectivity index (χ4n) is 6.56. The van der Waals surface area contributed by atoms with E-state index in [4.69, 9.17) is 35.8 Å². The molecule has 0 saturated heterocycles. The molecule has 9 aromatic rings. The maximum Gasteiger partial charge on any atom is 0.182 e. The lowest BCUT2D eigenvalue weighted by atomic mass is 9.70. The first kappa shape index (κ1) is 33.5. The summed E-state index contributed by atoms with van der Waals surface area (Å²) in [5, 5.41) is 44.9. The Morgan fingerprint density at radius 3 is 1.72 bits per heavy atom. The van der Waals surface area contributed by atoms with Crippen molar-refractivity contribution in [3.8, 4) is 51.5 Å². The Kier molecular flexibility index (Phi) is 8.14. The number of hydrogen-bond donors (Lipinski definition) is 4. The Bertz CT molecular complexity index is 2760. The van der Waals surface area contributed by atoms with Gasteiger partial charge in [0.15, 0.2) is 23.1 Å². The van der Waals surface area contributed by atoms with E-state index in [1.807, 2.05) is 91.9 Å². The molecule has 8 radical (unpaired) electrons. The first-order chi connectivity index (χ1) is 25.5. The van der Waals surface area contributed by atoms with Crippen LogP contribution in [0.5, 0.6) is 23.0 Å². The molecule has 9 nitrogen and oxygen atoms in total. The minimum Gasteiger partial charge on any atom is -0.508 e. The van der Waals surface area contributed by atoms with Crippen molar-refractivity contribution in [1.29, 1.82) is 0 Å². The van der Waals surface area contributed by atoms with Crippen LogP contribution in [-0.2, 0) is 0 Å². The molecular weight excluding hydrogens is 660 g/mol. The number of rotatable bonds is 3. The molecule has 13 heteroatoms. The molecule has 4 N–H and O–H groups in total. The summed E-state index contributed by atoms with van der Waals surface area (Å²) < 4.78 is 7.33. The lowest BCUT2D eigenvalue weighted by Crippen LogP contribution is -2.39. The third-order valence-electron chi connectivity index (χ3n) is 9.13. The van der Waals surface area contributed by atoms with Crippen molar-refractivity contribution in [2.24, 2.45) is 0 Å². The zero-order valence-corrected chi connectivity index (χ0v) is 28.1. The number of nitrogens with zero attached hydrogens (tertiary/aromatic N) is 4. The van der Waals surface area contributed by atoms with E-state index in [2.05, 4.69) is 15.0 Å². The molecule has 0 aliphatic carbocycles. The summed E-state index contributed by atoms with van der Waals surface area (Å²) >= 11 is 0. The van der Waals surface area contributed by atoms with Gasteiger partial charge in [-0.3, -0.25) is 0 Å². The Balaban J connectivity index is 0.000000178. The summed E-state index contributed by atoms with van der Waals surface area (Å²) in [5.41, 5.74) is 3.07. The number of aryl methyl sites for hydroxylation is 1. The number of phenols is 4. The van der Waals surface area contributed by atoms with Gasteiger partial charge >= 0.3 is 0 Å². The maximum atomic E-state index is 11.0. The summed E-state index contributed by atoms with van der Waals surface area (Å²) in [4.78, 5) is 13.4. The molecule has 3 aromatic heterocycles. The Morgan fingerprint density at radius 2 is 1.08 bits per heavy atom. The highest BCUT2D eigenvalue weighted by atomic mass is 16.3. The van der Waals surface area contributed by atoms with Crippen LogP contribution in [0.25, 0.3) is 72.2 Å². The zero-order chi connectivity index (χ0) is 37.1. The number of furan rings is 1. The minimum absolute atomic E-state index is 0.000511. The molecule has 0 saturated carbocycles. The van der Waals surface area contributed by atoms with Crippen molar-refractivity contribution in [2.75, 3.05) is 0 Å². The van der Waals surface area contributed by atoms with Crippen LogP contribution >= 0.6 is 0 Å². The van der Waals surface area contributed by atoms with E-state index in [9.17, 15) is 20.4 Å². The number of aromatic hydroxyl groups is 4. The van der Waals surface area contributed by atoms with E-state index in [1.54, 1.807) is 18.2 Å². The van der Waals surface area contributed by atoms with Crippen molar-refractivity contribution < 1.29 is 24.8 Å². The number of phenolic OH excluding ortho intramolecular Hbond substituents is 4. The van der Waals surface area contributed by atoms with Crippen LogP contribution in [0.15, 0.2) is 108 Å². The monoisotopic (exact) mass is 684 g/mol. The molecule has 0 aliphatic rings. The van der Waals surface area contributed by atoms with Crippen LogP contribution in [0.2, 0.25) is 0 Å². The van der Waals surface area contributed by atoms with Gasteiger partial charge in [-0.15, -0.1) is 5.46 Å². The fourth-order valence-corrected chi connectivity index (χ4v) is 6.56. The lowest BCUT2D eigenvalue weighted by Gasteiger charge is -2.14. The smallest absolute Gasteiger partial charge is 0.182 e. The molecule has 0 amide bonds. The summed E-state index contributed by atoms with van der Waals surface area (Å²) in [6.07, 6.45) is 0. The topological polar surface area (TPSA) is 138 Å². The van der Waals surface area contributed by atoms with Gasteiger partial charge in [-0.2, -0.15) is 0 Å². The molecule has 0 spiro atoms. The maximum absolute atomic E-state index is 11.0. The lowest BCUT2D eigenvalue weighted by molar-refractivity contribution is 0.405. The van der Waals surface area contributed by atoms with Crippen LogP contribution in [0.4, 0.5) is 0 Å². The van der Waals surface area contributed by atoms with Crippen LogP contribution in [0.3, 0.4) is 0 Å². The van der Waals surface area contributed by atoms with Gasteiger partial charge in [0, 0.05) is 33.0 Å². The van der Waals surface area contributed by atoms with E-state index < -0.39 is 28.5 Å². The number of para-hydroxylation sites is 1. The number of benzene rings is 6. The second kappa shape index (κ2) is 12.9. The van der Waals surface area contributed by atoms with E-state index >= 15 is 0 Å². The van der Waals surface area contributed by atoms with E-state index in [-0.39, 0.29) is 38.2 Å². The summed E-state index contributed by atoms with van der Waals surface area (Å²) in [7, 11) is 24.1. The quantitative estimate of drug-likeness (QED) is 0.124. The average Bonchev–Trinajstić information content (AvgIpc) is 3.75. The second-order valence-electron chi connectivity index (χ2n) is 12.4. The standard InChI is InChI=1S/C24H11B4NO5.C16H13N3/c25-15-13-14-20(24(33)23(32)18(28)21(14)30)29(19(13)22(31)17(27)16(15)26)8-5-6-12-10(7-8)9-3-1-2-4-11(9)34-12;1-12-17-15(13-8-4-2-5-9-13)19-16(18-12)14-10-6-3-7-11-14/h1-7,30-33H;2-11H,1H3. The van der Waals surface area contributed by atoms with E-state index in [1.165, 1.54) is 4.57 Å². The largest absolute Gasteiger partial charge is 0.508 e. The van der Waals surface area contributed by atoms with Crippen molar-refractivity contribution in [2.45, 2.75) is 6.92 Å². The second-order valence-corrected chi connectivity index (χ2v) is 12.4. The Labute approximate surface area is 307 Å². The predicted octanol–water partition coefficient (Wildman–Crippen LogP) is 4.19. The number of hydrogen-bond acceptors (Lipinski definition) is 8. The molecule has 3 heterocycles. The number of fused-ring (bicyclic) bond motifs is 6. The SMILES string of the molecule is Cc1nc(-c2ccccc2)nc(-c2ccccc2)n1.[B]c1c([B])c(O)c2c(c1[B])c1c(O)c([B])c(O)c(O)c1n2-c1ccc2oc3ccccc3c2c1. The Hall–Kier alpha value is -6.61. The van der Waals surface area contributed by atoms with Gasteiger partial charge in [-0.25, -0.2) is 15.0 Å². The van der Waals surface area contributed by atoms with Crippen LogP contribution in [0, 0.1) is 6.92 Å². The van der Waals surface area contributed by atoms with Crippen molar-refractivity contribution in [1.82, 2.24) is 19.5 Å². The van der Waals surface area contributed by atoms with Gasteiger partial charge in [0.25, 0.3) is 0 Å². The van der Waals surface area contributed by atoms with Gasteiger partial charge < -0.3 is 29.4 Å². The van der Waals surface area contributed by atoms with E-state index in [0.29, 0.717) is 28.5 Å². The number of aromatic nitrogens is 4. The first-order valence-electron chi connectivity index (χ1n) is 16.4. The molecule has 0 unspecified atom stereocenters. The molecule has 0 aliphatic heterocycles. The third kappa shape index (κ3) is 5.44. The van der Waals surface area contributed by atoms with Gasteiger partial charge in [0.1, 0.15) is 65.4 Å². The predicted molar refractivity (Wildman–Crippen MR) is 212 cm³/mol. The molecule has 53 heavy (non-hydrogen) atoms. The van der Waals surface area contributed by atoms with Crippen molar-refractivity contribution in [3.05, 3.63) is 109 Å². The van der Waals surface area contributed by atoms with Gasteiger partial charge in [0.05, 0.1) is 10.9 Å². The fraction of sp³-hybridized carbons (Fsp3) is 0.0250. The first-order valence-corrected chi connectivity index (χ1v) is 16.4. The van der Waals surface area contributed by atoms with Crippen molar-refractivity contribution in [3.63, 3.8) is 0 Å². The molecule has 0 bridgehead atoms. The molecule has 0 fully saturated rings. The minimum atomic E-state index is -0.720. The molecule has 6 aromatic carbocycles. The van der Waals surface area contributed by atoms with E-state index in [0.717, 1.165) is 27.7 Å². The average molecular weight is 684 g/mol. The summed E-state index contributed by atoms with van der Waals surface area (Å²) in [6, 6.07) is 32.6. The molecular formula is C40H24B4N4O5. The molecule has 9 rings (SSSR count). The van der Waals surface area contributed by atoms with Crippen molar-refractivity contribution >= 4 is 97.0 Å². The van der Waals surface area contributed by atoms with Crippen LogP contribution in [0.1, 0.15) is 5.82 Å². The summed E-state index contributed by atoms with van der Waals surface area (Å²) in [6.45, 7) is 1.89. The van der Waals surface area contributed by atoms with Crippen LogP contribution < -0.4 is 21.9 Å². The van der Waals surface area contributed by atoms with Crippen LogP contribution in [-0.4, -0.2) is 71.3 Å². The third-order valence-corrected chi connectivity index (χ3v) is 9.13. The highest BCUT2D eigenvalue weighted by molar-refractivity contribution is 6.62. The molecule has 0 atom stereocenters. The zero-order valence-electron chi connectivity index (χ0n) is 28.1. The Morgan fingerprint density at radius 1 is 0.509 bits per heavy atom. The van der Waals surface area contributed by atoms with Gasteiger partial charge in [-0.05, 0) is 36.7 Å². The normalized spacial score (nSPS) is 11.3.